The first-order valence-electron chi connectivity index (χ1n) is 8.08. The summed E-state index contributed by atoms with van der Waals surface area (Å²) in [7, 11) is 0. The molecule has 1 saturated carbocycles. The van der Waals surface area contributed by atoms with Crippen LogP contribution >= 0.6 is 0 Å². The number of hydrogen-bond donors (Lipinski definition) is 2. The van der Waals surface area contributed by atoms with Crippen molar-refractivity contribution in [3.05, 3.63) is 35.9 Å². The molecule has 0 aliphatic heterocycles. The van der Waals surface area contributed by atoms with E-state index >= 15 is 0 Å². The van der Waals surface area contributed by atoms with Gasteiger partial charge in [0.2, 0.25) is 0 Å². The highest BCUT2D eigenvalue weighted by Gasteiger charge is 2.27. The van der Waals surface area contributed by atoms with E-state index in [-0.39, 0.29) is 0 Å². The highest BCUT2D eigenvalue weighted by Crippen LogP contribution is 2.36. The van der Waals surface area contributed by atoms with Crippen molar-refractivity contribution in [1.82, 2.24) is 5.32 Å². The molecular formula is C18H29NO. The van der Waals surface area contributed by atoms with Crippen LogP contribution in [0.25, 0.3) is 0 Å². The smallest absolute Gasteiger partial charge is 0.0434 e. The zero-order valence-electron chi connectivity index (χ0n) is 12.9. The summed E-state index contributed by atoms with van der Waals surface area (Å²) in [5.41, 5.74) is 1.49. The van der Waals surface area contributed by atoms with Crippen LogP contribution in [-0.4, -0.2) is 24.3 Å². The van der Waals surface area contributed by atoms with E-state index in [9.17, 15) is 0 Å². The lowest BCUT2D eigenvalue weighted by molar-refractivity contribution is 0.238. The van der Waals surface area contributed by atoms with Crippen molar-refractivity contribution < 1.29 is 5.11 Å². The number of benzene rings is 1. The predicted octanol–water partition coefficient (Wildman–Crippen LogP) is 3.57. The first kappa shape index (κ1) is 15.5. The van der Waals surface area contributed by atoms with Gasteiger partial charge in [0.1, 0.15) is 0 Å². The molecule has 0 radical (unpaired) electrons. The Kier molecular flexibility index (Phi) is 6.06. The molecule has 1 aliphatic rings. The van der Waals surface area contributed by atoms with Gasteiger partial charge in [-0.25, -0.2) is 0 Å². The van der Waals surface area contributed by atoms with Crippen LogP contribution in [0.15, 0.2) is 30.3 Å². The van der Waals surface area contributed by atoms with Gasteiger partial charge in [-0.3, -0.25) is 0 Å². The van der Waals surface area contributed by atoms with Crippen molar-refractivity contribution in [2.75, 3.05) is 13.2 Å². The standard InChI is InChI=1S/C18H29NO/c1-14(8-9-20)13-19-18-11-15(2)10-17(12-18)16-6-4-3-5-7-16/h3-7,14-15,17-20H,8-13H2,1-2H3. The molecule has 2 nitrogen and oxygen atoms in total. The second-order valence-electron chi connectivity index (χ2n) is 6.64. The number of rotatable bonds is 6. The Morgan fingerprint density at radius 3 is 2.65 bits per heavy atom. The third-order valence-electron chi connectivity index (χ3n) is 4.59. The van der Waals surface area contributed by atoms with Gasteiger partial charge in [0.05, 0.1) is 0 Å². The van der Waals surface area contributed by atoms with E-state index in [0.717, 1.165) is 18.9 Å². The summed E-state index contributed by atoms with van der Waals surface area (Å²) < 4.78 is 0. The molecule has 1 aliphatic carbocycles. The highest BCUT2D eigenvalue weighted by molar-refractivity contribution is 5.20. The third-order valence-corrected chi connectivity index (χ3v) is 4.59. The second kappa shape index (κ2) is 7.80. The average Bonchev–Trinajstić information content (AvgIpc) is 2.46. The molecule has 2 heteroatoms. The molecule has 2 rings (SSSR count). The Morgan fingerprint density at radius 2 is 1.95 bits per heavy atom. The quantitative estimate of drug-likeness (QED) is 0.832. The van der Waals surface area contributed by atoms with Gasteiger partial charge in [-0.15, -0.1) is 0 Å². The van der Waals surface area contributed by atoms with Crippen LogP contribution in [0.1, 0.15) is 51.0 Å². The topological polar surface area (TPSA) is 32.3 Å². The van der Waals surface area contributed by atoms with Gasteiger partial charge in [0.25, 0.3) is 0 Å². The molecular weight excluding hydrogens is 246 g/mol. The molecule has 1 aromatic carbocycles. The molecule has 1 aromatic rings. The molecule has 4 unspecified atom stereocenters. The van der Waals surface area contributed by atoms with Crippen LogP contribution in [0.3, 0.4) is 0 Å². The maximum Gasteiger partial charge on any atom is 0.0434 e. The van der Waals surface area contributed by atoms with Crippen LogP contribution in [-0.2, 0) is 0 Å². The minimum Gasteiger partial charge on any atom is -0.396 e. The van der Waals surface area contributed by atoms with Crippen molar-refractivity contribution in [2.24, 2.45) is 11.8 Å². The molecule has 4 atom stereocenters. The van der Waals surface area contributed by atoms with Crippen LogP contribution in [0.2, 0.25) is 0 Å². The largest absolute Gasteiger partial charge is 0.396 e. The predicted molar refractivity (Wildman–Crippen MR) is 84.9 cm³/mol. The monoisotopic (exact) mass is 275 g/mol. The van der Waals surface area contributed by atoms with Gasteiger partial charge in [0, 0.05) is 12.6 Å². The molecule has 0 bridgehead atoms. The lowest BCUT2D eigenvalue weighted by atomic mass is 9.76. The first-order valence-corrected chi connectivity index (χ1v) is 8.08. The fraction of sp³-hybridized carbons (Fsp3) is 0.667. The fourth-order valence-corrected chi connectivity index (χ4v) is 3.46. The van der Waals surface area contributed by atoms with Crippen LogP contribution < -0.4 is 5.32 Å². The summed E-state index contributed by atoms with van der Waals surface area (Å²) in [6.07, 6.45) is 4.75. The Labute approximate surface area is 123 Å². The molecule has 112 valence electrons. The second-order valence-corrected chi connectivity index (χ2v) is 6.64. The van der Waals surface area contributed by atoms with Crippen LogP contribution in [0.5, 0.6) is 0 Å². The van der Waals surface area contributed by atoms with E-state index in [1.165, 1.54) is 24.8 Å². The van der Waals surface area contributed by atoms with Crippen LogP contribution in [0.4, 0.5) is 0 Å². The van der Waals surface area contributed by atoms with Gasteiger partial charge < -0.3 is 10.4 Å². The van der Waals surface area contributed by atoms with Crippen molar-refractivity contribution in [3.8, 4) is 0 Å². The van der Waals surface area contributed by atoms with E-state index in [4.69, 9.17) is 5.11 Å². The molecule has 0 spiro atoms. The normalized spacial score (nSPS) is 28.2. The fourth-order valence-electron chi connectivity index (χ4n) is 3.46. The number of aliphatic hydroxyl groups excluding tert-OH is 1. The summed E-state index contributed by atoms with van der Waals surface area (Å²) in [6.45, 7) is 5.92. The van der Waals surface area contributed by atoms with E-state index in [1.54, 1.807) is 0 Å². The Balaban J connectivity index is 1.88. The summed E-state index contributed by atoms with van der Waals surface area (Å²) in [5.74, 6) is 2.05. The lowest BCUT2D eigenvalue weighted by Crippen LogP contribution is -2.38. The minimum atomic E-state index is 0.302. The van der Waals surface area contributed by atoms with E-state index in [0.29, 0.717) is 24.5 Å². The first-order chi connectivity index (χ1) is 9.69. The van der Waals surface area contributed by atoms with Gasteiger partial charge in [-0.2, -0.15) is 0 Å². The Morgan fingerprint density at radius 1 is 1.20 bits per heavy atom. The average molecular weight is 275 g/mol. The summed E-state index contributed by atoms with van der Waals surface area (Å²) >= 11 is 0. The molecule has 20 heavy (non-hydrogen) atoms. The van der Waals surface area contributed by atoms with E-state index in [1.807, 2.05) is 0 Å². The molecule has 2 N–H and O–H groups in total. The summed E-state index contributed by atoms with van der Waals surface area (Å²) in [6, 6.07) is 11.6. The van der Waals surface area contributed by atoms with Crippen molar-refractivity contribution >= 4 is 0 Å². The van der Waals surface area contributed by atoms with E-state index < -0.39 is 0 Å². The zero-order valence-corrected chi connectivity index (χ0v) is 12.9. The van der Waals surface area contributed by atoms with Crippen LogP contribution in [0, 0.1) is 11.8 Å². The number of nitrogens with one attached hydrogen (secondary N) is 1. The van der Waals surface area contributed by atoms with Crippen molar-refractivity contribution in [1.29, 1.82) is 0 Å². The summed E-state index contributed by atoms with van der Waals surface area (Å²) in [5, 5.41) is 12.7. The molecule has 0 heterocycles. The summed E-state index contributed by atoms with van der Waals surface area (Å²) in [4.78, 5) is 0. The zero-order chi connectivity index (χ0) is 14.4. The maximum absolute atomic E-state index is 8.98. The van der Waals surface area contributed by atoms with Gasteiger partial charge in [-0.1, -0.05) is 44.2 Å². The highest BCUT2D eigenvalue weighted by atomic mass is 16.3. The third kappa shape index (κ3) is 4.60. The Bertz CT molecular complexity index is 378. The molecule has 0 aromatic heterocycles. The Hall–Kier alpha value is -0.860. The lowest BCUT2D eigenvalue weighted by Gasteiger charge is -2.35. The molecule has 1 fully saturated rings. The number of aliphatic hydroxyl groups is 1. The van der Waals surface area contributed by atoms with Crippen molar-refractivity contribution in [2.45, 2.75) is 51.5 Å². The molecule has 0 amide bonds. The maximum atomic E-state index is 8.98. The van der Waals surface area contributed by atoms with Gasteiger partial charge in [-0.05, 0) is 55.5 Å². The van der Waals surface area contributed by atoms with Gasteiger partial charge >= 0.3 is 0 Å². The van der Waals surface area contributed by atoms with E-state index in [2.05, 4.69) is 49.5 Å². The molecule has 0 saturated heterocycles. The minimum absolute atomic E-state index is 0.302. The van der Waals surface area contributed by atoms with Crippen molar-refractivity contribution in [3.63, 3.8) is 0 Å². The SMILES string of the molecule is CC(CCO)CNC1CC(C)CC(c2ccccc2)C1. The number of hydrogen-bond acceptors (Lipinski definition) is 2. The van der Waals surface area contributed by atoms with Gasteiger partial charge in [0.15, 0.2) is 0 Å².